The summed E-state index contributed by atoms with van der Waals surface area (Å²) in [7, 11) is 0. The fourth-order valence-electron chi connectivity index (χ4n) is 2.94. The van der Waals surface area contributed by atoms with E-state index in [9.17, 15) is 4.39 Å². The van der Waals surface area contributed by atoms with Crippen LogP contribution in [0.5, 0.6) is 0 Å². The van der Waals surface area contributed by atoms with E-state index in [0.29, 0.717) is 6.04 Å². The van der Waals surface area contributed by atoms with E-state index in [0.717, 1.165) is 23.9 Å². The molecule has 1 saturated carbocycles. The van der Waals surface area contributed by atoms with Crippen LogP contribution < -0.4 is 5.32 Å². The van der Waals surface area contributed by atoms with Gasteiger partial charge in [-0.1, -0.05) is 38.8 Å². The van der Waals surface area contributed by atoms with E-state index in [1.165, 1.54) is 24.8 Å². The molecule has 2 rings (SSSR count). The molecule has 1 nitrogen and oxygen atoms in total. The Labute approximate surface area is 110 Å². The number of hydrogen-bond acceptors (Lipinski definition) is 1. The van der Waals surface area contributed by atoms with Gasteiger partial charge in [0.05, 0.1) is 0 Å². The maximum absolute atomic E-state index is 13.2. The lowest BCUT2D eigenvalue weighted by atomic mass is 9.78. The zero-order valence-electron chi connectivity index (χ0n) is 11.7. The molecule has 18 heavy (non-hydrogen) atoms. The maximum atomic E-state index is 13.2. The van der Waals surface area contributed by atoms with Crippen LogP contribution in [0, 0.1) is 24.6 Å². The van der Waals surface area contributed by atoms with Crippen LogP contribution in [0.4, 0.5) is 4.39 Å². The molecule has 2 heteroatoms. The molecule has 1 aliphatic rings. The Morgan fingerprint density at radius 2 is 2.06 bits per heavy atom. The van der Waals surface area contributed by atoms with Gasteiger partial charge in [-0.05, 0) is 42.4 Å². The predicted octanol–water partition coefficient (Wildman–Crippen LogP) is 4.05. The van der Waals surface area contributed by atoms with Gasteiger partial charge in [-0.25, -0.2) is 4.39 Å². The Bertz CT molecular complexity index is 402. The summed E-state index contributed by atoms with van der Waals surface area (Å²) in [5, 5.41) is 3.64. The molecule has 0 amide bonds. The Morgan fingerprint density at radius 1 is 1.28 bits per heavy atom. The molecule has 0 bridgehead atoms. The lowest BCUT2D eigenvalue weighted by Gasteiger charge is -2.34. The van der Waals surface area contributed by atoms with Crippen molar-refractivity contribution in [3.05, 3.63) is 35.1 Å². The van der Waals surface area contributed by atoms with Crippen molar-refractivity contribution in [2.45, 2.75) is 52.6 Å². The molecular weight excluding hydrogens is 225 g/mol. The van der Waals surface area contributed by atoms with Gasteiger partial charge >= 0.3 is 0 Å². The minimum atomic E-state index is -0.113. The van der Waals surface area contributed by atoms with E-state index in [1.54, 1.807) is 6.07 Å². The van der Waals surface area contributed by atoms with Gasteiger partial charge in [-0.15, -0.1) is 0 Å². The third kappa shape index (κ3) is 3.11. The largest absolute Gasteiger partial charge is 0.310 e. The summed E-state index contributed by atoms with van der Waals surface area (Å²) < 4.78 is 13.2. The average Bonchev–Trinajstić information content (AvgIpc) is 2.35. The van der Waals surface area contributed by atoms with Crippen molar-refractivity contribution >= 4 is 0 Å². The summed E-state index contributed by atoms with van der Waals surface area (Å²) in [6, 6.07) is 6.00. The SMILES string of the molecule is Cc1cc(CNC2CCCC(C)C2C)ccc1F. The maximum Gasteiger partial charge on any atom is 0.126 e. The molecule has 1 aliphatic carbocycles. The molecule has 3 atom stereocenters. The van der Waals surface area contributed by atoms with E-state index >= 15 is 0 Å². The normalized spacial score (nSPS) is 28.3. The van der Waals surface area contributed by atoms with Crippen LogP contribution >= 0.6 is 0 Å². The highest BCUT2D eigenvalue weighted by Gasteiger charge is 2.26. The molecule has 1 N–H and O–H groups in total. The predicted molar refractivity (Wildman–Crippen MR) is 73.9 cm³/mol. The van der Waals surface area contributed by atoms with Crippen molar-refractivity contribution in [1.29, 1.82) is 0 Å². The molecule has 0 aliphatic heterocycles. The van der Waals surface area contributed by atoms with Crippen LogP contribution in [0.2, 0.25) is 0 Å². The molecular formula is C16H24FN. The highest BCUT2D eigenvalue weighted by molar-refractivity contribution is 5.23. The van der Waals surface area contributed by atoms with E-state index in [1.807, 2.05) is 19.1 Å². The minimum absolute atomic E-state index is 0.113. The van der Waals surface area contributed by atoms with Crippen molar-refractivity contribution < 1.29 is 4.39 Å². The first-order chi connectivity index (χ1) is 8.58. The third-order valence-corrected chi connectivity index (χ3v) is 4.50. The van der Waals surface area contributed by atoms with Crippen molar-refractivity contribution in [2.75, 3.05) is 0 Å². The molecule has 100 valence electrons. The zero-order chi connectivity index (χ0) is 13.1. The molecule has 0 radical (unpaired) electrons. The number of hydrogen-bond donors (Lipinski definition) is 1. The van der Waals surface area contributed by atoms with Crippen LogP contribution in [0.1, 0.15) is 44.2 Å². The van der Waals surface area contributed by atoms with Crippen molar-refractivity contribution in [2.24, 2.45) is 11.8 Å². The quantitative estimate of drug-likeness (QED) is 0.852. The standard InChI is InChI=1S/C16H24FN/c1-11-5-4-6-16(13(11)3)18-10-14-7-8-15(17)12(2)9-14/h7-9,11,13,16,18H,4-6,10H2,1-3H3. The summed E-state index contributed by atoms with van der Waals surface area (Å²) >= 11 is 0. The third-order valence-electron chi connectivity index (χ3n) is 4.50. The minimum Gasteiger partial charge on any atom is -0.310 e. The van der Waals surface area contributed by atoms with E-state index < -0.39 is 0 Å². The number of aryl methyl sites for hydroxylation is 1. The summed E-state index contributed by atoms with van der Waals surface area (Å²) in [6.07, 6.45) is 3.95. The van der Waals surface area contributed by atoms with Gasteiger partial charge in [0.25, 0.3) is 0 Å². The van der Waals surface area contributed by atoms with Crippen LogP contribution in [-0.4, -0.2) is 6.04 Å². The average molecular weight is 249 g/mol. The molecule has 1 aromatic rings. The first kappa shape index (κ1) is 13.5. The van der Waals surface area contributed by atoms with Gasteiger partial charge in [-0.2, -0.15) is 0 Å². The zero-order valence-corrected chi connectivity index (χ0v) is 11.7. The van der Waals surface area contributed by atoms with Gasteiger partial charge in [0.2, 0.25) is 0 Å². The summed E-state index contributed by atoms with van der Waals surface area (Å²) in [6.45, 7) is 7.37. The topological polar surface area (TPSA) is 12.0 Å². The van der Waals surface area contributed by atoms with E-state index in [4.69, 9.17) is 0 Å². The summed E-state index contributed by atoms with van der Waals surface area (Å²) in [5.74, 6) is 1.44. The van der Waals surface area contributed by atoms with Crippen molar-refractivity contribution in [3.8, 4) is 0 Å². The Morgan fingerprint density at radius 3 is 2.78 bits per heavy atom. The monoisotopic (exact) mass is 249 g/mol. The molecule has 0 heterocycles. The smallest absolute Gasteiger partial charge is 0.126 e. The van der Waals surface area contributed by atoms with E-state index in [2.05, 4.69) is 19.2 Å². The second-order valence-electron chi connectivity index (χ2n) is 5.84. The van der Waals surface area contributed by atoms with Gasteiger partial charge in [0.15, 0.2) is 0 Å². The lowest BCUT2D eigenvalue weighted by molar-refractivity contribution is 0.206. The fourth-order valence-corrected chi connectivity index (χ4v) is 2.94. The second-order valence-corrected chi connectivity index (χ2v) is 5.84. The van der Waals surface area contributed by atoms with Crippen molar-refractivity contribution in [3.63, 3.8) is 0 Å². The highest BCUT2D eigenvalue weighted by atomic mass is 19.1. The second kappa shape index (κ2) is 5.83. The van der Waals surface area contributed by atoms with Gasteiger partial charge < -0.3 is 5.32 Å². The molecule has 0 saturated heterocycles. The first-order valence-electron chi connectivity index (χ1n) is 7.06. The highest BCUT2D eigenvalue weighted by Crippen LogP contribution is 2.29. The number of rotatable bonds is 3. The first-order valence-corrected chi connectivity index (χ1v) is 7.06. The van der Waals surface area contributed by atoms with Crippen LogP contribution in [0.15, 0.2) is 18.2 Å². The van der Waals surface area contributed by atoms with Crippen LogP contribution in [-0.2, 0) is 6.54 Å². The van der Waals surface area contributed by atoms with Gasteiger partial charge in [-0.3, -0.25) is 0 Å². The number of halogens is 1. The molecule has 1 fully saturated rings. The molecule has 3 unspecified atom stereocenters. The molecule has 0 aromatic heterocycles. The van der Waals surface area contributed by atoms with Crippen LogP contribution in [0.3, 0.4) is 0 Å². The lowest BCUT2D eigenvalue weighted by Crippen LogP contribution is -2.40. The Balaban J connectivity index is 1.92. The Hall–Kier alpha value is -0.890. The van der Waals surface area contributed by atoms with E-state index in [-0.39, 0.29) is 5.82 Å². The number of nitrogens with one attached hydrogen (secondary N) is 1. The van der Waals surface area contributed by atoms with Gasteiger partial charge in [0.1, 0.15) is 5.82 Å². The van der Waals surface area contributed by atoms with Crippen LogP contribution in [0.25, 0.3) is 0 Å². The van der Waals surface area contributed by atoms with Crippen molar-refractivity contribution in [1.82, 2.24) is 5.32 Å². The molecule has 1 aromatic carbocycles. The Kier molecular flexibility index (Phi) is 4.39. The van der Waals surface area contributed by atoms with Gasteiger partial charge in [0, 0.05) is 12.6 Å². The summed E-state index contributed by atoms with van der Waals surface area (Å²) in [5.41, 5.74) is 1.92. The molecule has 0 spiro atoms. The summed E-state index contributed by atoms with van der Waals surface area (Å²) in [4.78, 5) is 0. The number of benzene rings is 1. The fraction of sp³-hybridized carbons (Fsp3) is 0.625.